The monoisotopic (exact) mass is 674 g/mol. The number of nitrogens with two attached hydrogens (primary N) is 3. The van der Waals surface area contributed by atoms with E-state index in [2.05, 4.69) is 21.5 Å². The highest BCUT2D eigenvalue weighted by atomic mass is 16.6. The van der Waals surface area contributed by atoms with Crippen molar-refractivity contribution < 1.29 is 38.1 Å². The highest BCUT2D eigenvalue weighted by Crippen LogP contribution is 2.35. The molecule has 0 aliphatic heterocycles. The van der Waals surface area contributed by atoms with Crippen molar-refractivity contribution in [2.75, 3.05) is 26.2 Å². The van der Waals surface area contributed by atoms with E-state index in [1.807, 2.05) is 0 Å². The maximum absolute atomic E-state index is 13.4. The van der Waals surface area contributed by atoms with Crippen molar-refractivity contribution in [2.45, 2.75) is 109 Å². The van der Waals surface area contributed by atoms with E-state index in [-0.39, 0.29) is 36.2 Å². The van der Waals surface area contributed by atoms with Crippen LogP contribution in [0.4, 0.5) is 5.82 Å². The average molecular weight is 675 g/mol. The lowest BCUT2D eigenvalue weighted by Crippen LogP contribution is -2.56. The Morgan fingerprint density at radius 1 is 1.02 bits per heavy atom. The molecule has 48 heavy (non-hydrogen) atoms. The smallest absolute Gasteiger partial charge is 0.323 e. The molecule has 0 saturated heterocycles. The van der Waals surface area contributed by atoms with E-state index in [0.717, 1.165) is 32.1 Å². The molecule has 16 nitrogen and oxygen atoms in total. The van der Waals surface area contributed by atoms with Crippen LogP contribution in [0.2, 0.25) is 0 Å². The van der Waals surface area contributed by atoms with Gasteiger partial charge in [-0.25, -0.2) is 9.50 Å². The zero-order chi connectivity index (χ0) is 35.6. The number of anilines is 1. The van der Waals surface area contributed by atoms with Gasteiger partial charge in [0.05, 0.1) is 19.0 Å². The molecule has 2 unspecified atom stereocenters. The molecule has 2 aromatic heterocycles. The van der Waals surface area contributed by atoms with E-state index in [1.165, 1.54) is 18.0 Å². The SMILES string of the molecule is COC(C#N)(COCN[C@@H](C)C(=O)OC1CCCCC1)[C@@H](OC(=O)C(N)C(C)C)[C@@H](OC(=O)[C@H](N)C(C)C)c1ccc2c(N)ncnn12. The van der Waals surface area contributed by atoms with Crippen LogP contribution in [0, 0.1) is 23.2 Å². The number of ether oxygens (including phenoxy) is 5. The summed E-state index contributed by atoms with van der Waals surface area (Å²) in [5, 5.41) is 17.8. The second-order valence-corrected chi connectivity index (χ2v) is 12.8. The quantitative estimate of drug-likeness (QED) is 0.0804. The standard InChI is InChI=1S/C32H50N8O8/c1-18(2)24(34)30(42)47-26(22-12-13-23-28(36)37-16-39-40(22)23)27(48-31(43)25(35)19(3)4)32(14-33,44-6)15-45-17-38-20(5)29(41)46-21-10-8-7-9-11-21/h12-13,16,18-21,24-27,38H,7-11,15,17,34-35H2,1-6H3,(H2,36,37,39)/t20-,24+,25?,26-,27-,32?/m0/s1. The maximum Gasteiger partial charge on any atom is 0.323 e. The van der Waals surface area contributed by atoms with Crippen LogP contribution in [0.5, 0.6) is 0 Å². The summed E-state index contributed by atoms with van der Waals surface area (Å²) in [6.07, 6.45) is 2.71. The lowest BCUT2D eigenvalue weighted by Gasteiger charge is -2.38. The summed E-state index contributed by atoms with van der Waals surface area (Å²) in [4.78, 5) is 43.5. The van der Waals surface area contributed by atoms with Crippen LogP contribution in [0.3, 0.4) is 0 Å². The number of nitrogens with zero attached hydrogens (tertiary/aromatic N) is 4. The van der Waals surface area contributed by atoms with Crippen LogP contribution in [-0.4, -0.2) is 88.9 Å². The molecule has 0 spiro atoms. The molecule has 0 amide bonds. The summed E-state index contributed by atoms with van der Waals surface area (Å²) in [5.41, 5.74) is 16.8. The summed E-state index contributed by atoms with van der Waals surface area (Å²) in [7, 11) is 1.22. The van der Waals surface area contributed by atoms with Crippen molar-refractivity contribution in [2.24, 2.45) is 23.3 Å². The van der Waals surface area contributed by atoms with E-state index in [1.54, 1.807) is 46.8 Å². The van der Waals surface area contributed by atoms with Gasteiger partial charge in [-0.15, -0.1) is 0 Å². The minimum atomic E-state index is -2.09. The Bertz CT molecular complexity index is 1420. The molecule has 2 aromatic rings. The summed E-state index contributed by atoms with van der Waals surface area (Å²) in [5.74, 6) is -2.68. The number of carbonyl (C=O) groups excluding carboxylic acids is 3. The van der Waals surface area contributed by atoms with Gasteiger partial charge in [0, 0.05) is 7.11 Å². The molecule has 2 heterocycles. The van der Waals surface area contributed by atoms with E-state index in [9.17, 15) is 19.6 Å². The number of nitrogen functional groups attached to an aromatic ring is 1. The number of fused-ring (bicyclic) bond motifs is 1. The van der Waals surface area contributed by atoms with Gasteiger partial charge in [0.15, 0.2) is 18.0 Å². The maximum atomic E-state index is 13.4. The normalized spacial score (nSPS) is 18.4. The fourth-order valence-corrected chi connectivity index (χ4v) is 5.14. The second-order valence-electron chi connectivity index (χ2n) is 12.8. The van der Waals surface area contributed by atoms with Gasteiger partial charge in [-0.05, 0) is 56.6 Å². The van der Waals surface area contributed by atoms with Crippen molar-refractivity contribution in [3.8, 4) is 6.07 Å². The minimum absolute atomic E-state index is 0.113. The molecule has 1 saturated carbocycles. The number of nitrogens with one attached hydrogen (secondary N) is 1. The number of aromatic nitrogens is 3. The molecule has 3 rings (SSSR count). The Kier molecular flexibility index (Phi) is 14.1. The summed E-state index contributed by atoms with van der Waals surface area (Å²) in [6.45, 7) is 7.85. The zero-order valence-electron chi connectivity index (χ0n) is 28.6. The fourth-order valence-electron chi connectivity index (χ4n) is 5.14. The van der Waals surface area contributed by atoms with Gasteiger partial charge in [0.2, 0.25) is 5.60 Å². The van der Waals surface area contributed by atoms with Crippen LogP contribution in [0.1, 0.15) is 78.5 Å². The van der Waals surface area contributed by atoms with Crippen molar-refractivity contribution >= 4 is 29.2 Å². The van der Waals surface area contributed by atoms with Gasteiger partial charge in [-0.2, -0.15) is 10.4 Å². The van der Waals surface area contributed by atoms with Crippen molar-refractivity contribution in [1.82, 2.24) is 19.9 Å². The molecule has 7 N–H and O–H groups in total. The first kappa shape index (κ1) is 38.6. The van der Waals surface area contributed by atoms with Gasteiger partial charge in [0.1, 0.15) is 42.1 Å². The zero-order valence-corrected chi connectivity index (χ0v) is 28.6. The molecular formula is C32H50N8O8. The Morgan fingerprint density at radius 3 is 2.23 bits per heavy atom. The molecule has 1 aliphatic carbocycles. The Hall–Kier alpha value is -3.88. The molecule has 1 aliphatic rings. The largest absolute Gasteiger partial charge is 0.461 e. The van der Waals surface area contributed by atoms with Crippen LogP contribution in [0.15, 0.2) is 18.5 Å². The number of carbonyl (C=O) groups is 3. The molecule has 0 radical (unpaired) electrons. The van der Waals surface area contributed by atoms with Crippen LogP contribution < -0.4 is 22.5 Å². The Labute approximate surface area is 280 Å². The highest BCUT2D eigenvalue weighted by molar-refractivity contribution is 5.77. The Balaban J connectivity index is 1.97. The van der Waals surface area contributed by atoms with Gasteiger partial charge in [-0.1, -0.05) is 34.1 Å². The lowest BCUT2D eigenvalue weighted by atomic mass is 9.91. The number of nitriles is 1. The van der Waals surface area contributed by atoms with Crippen molar-refractivity contribution in [3.63, 3.8) is 0 Å². The van der Waals surface area contributed by atoms with Gasteiger partial charge in [0.25, 0.3) is 0 Å². The third kappa shape index (κ3) is 9.38. The second kappa shape index (κ2) is 17.5. The predicted molar refractivity (Wildman–Crippen MR) is 173 cm³/mol. The third-order valence-electron chi connectivity index (χ3n) is 8.55. The molecule has 6 atom stereocenters. The minimum Gasteiger partial charge on any atom is -0.461 e. The van der Waals surface area contributed by atoms with E-state index in [4.69, 9.17) is 40.9 Å². The van der Waals surface area contributed by atoms with Crippen molar-refractivity contribution in [3.05, 3.63) is 24.2 Å². The van der Waals surface area contributed by atoms with Crippen LogP contribution >= 0.6 is 0 Å². The summed E-state index contributed by atoms with van der Waals surface area (Å²) in [6, 6.07) is 2.30. The van der Waals surface area contributed by atoms with Gasteiger partial charge < -0.3 is 40.9 Å². The predicted octanol–water partition coefficient (Wildman–Crippen LogP) is 1.51. The number of rotatable bonds is 17. The number of hydrogen-bond donors (Lipinski definition) is 4. The summed E-state index contributed by atoms with van der Waals surface area (Å²) >= 11 is 0. The van der Waals surface area contributed by atoms with E-state index >= 15 is 0 Å². The first-order valence-corrected chi connectivity index (χ1v) is 16.2. The van der Waals surface area contributed by atoms with Gasteiger partial charge in [-0.3, -0.25) is 19.7 Å². The van der Waals surface area contributed by atoms with Crippen LogP contribution in [-0.2, 0) is 38.1 Å². The topological polar surface area (TPSA) is 241 Å². The number of esters is 3. The Morgan fingerprint density at radius 2 is 1.65 bits per heavy atom. The van der Waals surface area contributed by atoms with Crippen molar-refractivity contribution in [1.29, 1.82) is 5.26 Å². The van der Waals surface area contributed by atoms with Crippen LogP contribution in [0.25, 0.3) is 5.52 Å². The average Bonchev–Trinajstić information content (AvgIpc) is 3.51. The molecule has 266 valence electrons. The number of methoxy groups -OCH3 is 1. The first-order valence-electron chi connectivity index (χ1n) is 16.2. The van der Waals surface area contributed by atoms with Gasteiger partial charge >= 0.3 is 17.9 Å². The molecule has 0 aromatic carbocycles. The lowest BCUT2D eigenvalue weighted by molar-refractivity contribution is -0.200. The number of hydrogen-bond acceptors (Lipinski definition) is 15. The molecule has 0 bridgehead atoms. The molecular weight excluding hydrogens is 624 g/mol. The van der Waals surface area contributed by atoms with E-state index < -0.39 is 60.4 Å². The highest BCUT2D eigenvalue weighted by Gasteiger charge is 2.52. The molecule has 1 fully saturated rings. The third-order valence-corrected chi connectivity index (χ3v) is 8.55. The van der Waals surface area contributed by atoms with E-state index in [0.29, 0.717) is 5.52 Å². The fraction of sp³-hybridized carbons (Fsp3) is 0.688. The summed E-state index contributed by atoms with van der Waals surface area (Å²) < 4.78 is 30.4. The first-order chi connectivity index (χ1) is 22.8. The molecule has 16 heteroatoms.